The Morgan fingerprint density at radius 1 is 0.852 bits per heavy atom. The highest BCUT2D eigenvalue weighted by Gasteiger charge is 2.09. The van der Waals surface area contributed by atoms with Crippen LogP contribution in [0.25, 0.3) is 0 Å². The molecule has 0 spiro atoms. The lowest BCUT2D eigenvalue weighted by atomic mass is 10.1. The largest absolute Gasteiger partial charge is 0.339 e. The molecule has 0 fully saturated rings. The molecule has 0 atom stereocenters. The van der Waals surface area contributed by atoms with E-state index in [0.717, 1.165) is 12.1 Å². The zero-order valence-electron chi connectivity index (χ0n) is 15.2. The van der Waals surface area contributed by atoms with E-state index >= 15 is 0 Å². The van der Waals surface area contributed by atoms with E-state index in [1.165, 1.54) is 12.5 Å². The fraction of sp³-hybridized carbons (Fsp3) is 0.143. The summed E-state index contributed by atoms with van der Waals surface area (Å²) in [5.41, 5.74) is 3.58. The van der Waals surface area contributed by atoms with E-state index in [4.69, 9.17) is 0 Å². The number of Topliss-reactive ketones (excluding diaryl/α,β-unsaturated/α-hetero) is 1. The predicted octanol–water partition coefficient (Wildman–Crippen LogP) is 4.24. The van der Waals surface area contributed by atoms with Gasteiger partial charge < -0.3 is 10.6 Å². The fourth-order valence-corrected chi connectivity index (χ4v) is 2.48. The van der Waals surface area contributed by atoms with Gasteiger partial charge in [-0.1, -0.05) is 19.1 Å². The second-order valence-corrected chi connectivity index (χ2v) is 6.07. The summed E-state index contributed by atoms with van der Waals surface area (Å²) in [6, 6.07) is 18.0. The number of nitrogens with one attached hydrogen (secondary N) is 2. The molecule has 0 unspecified atom stereocenters. The third kappa shape index (κ3) is 4.76. The number of aromatic nitrogens is 2. The van der Waals surface area contributed by atoms with Gasteiger partial charge >= 0.3 is 0 Å². The van der Waals surface area contributed by atoms with Crippen molar-refractivity contribution in [3.05, 3.63) is 77.5 Å². The van der Waals surface area contributed by atoms with E-state index in [0.29, 0.717) is 17.1 Å². The third-order valence-corrected chi connectivity index (χ3v) is 4.08. The van der Waals surface area contributed by atoms with Crippen LogP contribution in [0.1, 0.15) is 40.3 Å². The Morgan fingerprint density at radius 2 is 1.52 bits per heavy atom. The van der Waals surface area contributed by atoms with Crippen LogP contribution in [-0.4, -0.2) is 21.9 Å². The van der Waals surface area contributed by atoms with Gasteiger partial charge in [0.2, 0.25) is 0 Å². The van der Waals surface area contributed by atoms with Crippen LogP contribution in [0.4, 0.5) is 17.2 Å². The van der Waals surface area contributed by atoms with Gasteiger partial charge in [-0.3, -0.25) is 9.59 Å². The molecule has 2 N–H and O–H groups in total. The van der Waals surface area contributed by atoms with Crippen LogP contribution in [0.3, 0.4) is 0 Å². The van der Waals surface area contributed by atoms with Crippen molar-refractivity contribution >= 4 is 28.9 Å². The fourth-order valence-electron chi connectivity index (χ4n) is 2.48. The minimum absolute atomic E-state index is 0.0149. The summed E-state index contributed by atoms with van der Waals surface area (Å²) in [5, 5.41) is 13.9. The van der Waals surface area contributed by atoms with Gasteiger partial charge in [0, 0.05) is 16.9 Å². The number of nitrogens with zero attached hydrogens (tertiary/aromatic N) is 2. The summed E-state index contributed by atoms with van der Waals surface area (Å²) in [6.45, 7) is 3.60. The molecule has 1 aromatic heterocycles. The van der Waals surface area contributed by atoms with Crippen molar-refractivity contribution in [1.82, 2.24) is 10.2 Å². The van der Waals surface area contributed by atoms with Crippen molar-refractivity contribution in [2.75, 3.05) is 10.6 Å². The van der Waals surface area contributed by atoms with Crippen LogP contribution in [-0.2, 0) is 6.42 Å². The van der Waals surface area contributed by atoms with E-state index in [9.17, 15) is 9.59 Å². The Labute approximate surface area is 157 Å². The molecule has 0 bridgehead atoms. The van der Waals surface area contributed by atoms with Crippen LogP contribution in [0.5, 0.6) is 0 Å². The Balaban J connectivity index is 1.63. The average molecular weight is 360 g/mol. The van der Waals surface area contributed by atoms with Crippen molar-refractivity contribution in [2.45, 2.75) is 20.3 Å². The molecule has 0 saturated carbocycles. The molecule has 136 valence electrons. The number of anilines is 3. The van der Waals surface area contributed by atoms with E-state index in [2.05, 4.69) is 27.8 Å². The van der Waals surface area contributed by atoms with Crippen molar-refractivity contribution < 1.29 is 9.59 Å². The Bertz CT molecular complexity index is 933. The molecule has 6 nitrogen and oxygen atoms in total. The topological polar surface area (TPSA) is 84.0 Å². The van der Waals surface area contributed by atoms with Gasteiger partial charge in [0.15, 0.2) is 17.3 Å². The third-order valence-electron chi connectivity index (χ3n) is 4.08. The van der Waals surface area contributed by atoms with E-state index in [-0.39, 0.29) is 17.4 Å². The van der Waals surface area contributed by atoms with Gasteiger partial charge in [-0.15, -0.1) is 10.2 Å². The molecule has 0 aliphatic rings. The smallest absolute Gasteiger partial charge is 0.276 e. The van der Waals surface area contributed by atoms with E-state index in [1.807, 2.05) is 24.3 Å². The van der Waals surface area contributed by atoms with Crippen LogP contribution >= 0.6 is 0 Å². The molecular weight excluding hydrogens is 340 g/mol. The molecule has 27 heavy (non-hydrogen) atoms. The monoisotopic (exact) mass is 360 g/mol. The first kappa shape index (κ1) is 18.3. The molecule has 6 heteroatoms. The maximum atomic E-state index is 12.3. The number of hydrogen-bond donors (Lipinski definition) is 2. The molecule has 1 amide bonds. The normalized spacial score (nSPS) is 10.3. The quantitative estimate of drug-likeness (QED) is 0.643. The maximum absolute atomic E-state index is 12.3. The van der Waals surface area contributed by atoms with Crippen LogP contribution in [0.2, 0.25) is 0 Å². The molecular formula is C21H20N4O2. The molecule has 0 radical (unpaired) electrons. The van der Waals surface area contributed by atoms with Crippen LogP contribution in [0.15, 0.2) is 60.7 Å². The Morgan fingerprint density at radius 3 is 2.07 bits per heavy atom. The lowest BCUT2D eigenvalue weighted by Crippen LogP contribution is -2.14. The Hall–Kier alpha value is -3.54. The zero-order chi connectivity index (χ0) is 19.2. The number of carbonyl (C=O) groups is 2. The zero-order valence-corrected chi connectivity index (χ0v) is 15.2. The highest BCUT2D eigenvalue weighted by atomic mass is 16.2. The number of ketones is 1. The van der Waals surface area contributed by atoms with Gasteiger partial charge in [0.05, 0.1) is 0 Å². The molecule has 0 aliphatic carbocycles. The minimum atomic E-state index is -0.316. The number of aryl methyl sites for hydroxylation is 1. The van der Waals surface area contributed by atoms with Gasteiger partial charge in [0.25, 0.3) is 5.91 Å². The first-order valence-electron chi connectivity index (χ1n) is 8.67. The minimum Gasteiger partial charge on any atom is -0.339 e. The van der Waals surface area contributed by atoms with Crippen molar-refractivity contribution in [1.29, 1.82) is 0 Å². The van der Waals surface area contributed by atoms with Gasteiger partial charge in [-0.05, 0) is 67.4 Å². The molecule has 2 aromatic carbocycles. The SMILES string of the molecule is CCc1ccc(NC(=O)c2ccc(Nc3ccc(C(C)=O)cc3)nn2)cc1. The molecule has 0 saturated heterocycles. The summed E-state index contributed by atoms with van der Waals surface area (Å²) in [5.74, 6) is 0.208. The van der Waals surface area contributed by atoms with Crippen molar-refractivity contribution in [3.8, 4) is 0 Å². The molecule has 3 rings (SSSR count). The number of benzene rings is 2. The number of carbonyl (C=O) groups excluding carboxylic acids is 2. The first-order valence-corrected chi connectivity index (χ1v) is 8.67. The number of hydrogen-bond acceptors (Lipinski definition) is 5. The highest BCUT2D eigenvalue weighted by molar-refractivity contribution is 6.02. The lowest BCUT2D eigenvalue weighted by molar-refractivity contribution is 0.101. The Kier molecular flexibility index (Phi) is 5.56. The van der Waals surface area contributed by atoms with Crippen LogP contribution < -0.4 is 10.6 Å². The summed E-state index contributed by atoms with van der Waals surface area (Å²) in [7, 11) is 0. The second kappa shape index (κ2) is 8.23. The standard InChI is InChI=1S/C21H20N4O2/c1-3-15-4-8-18(9-5-15)23-21(27)19-12-13-20(25-24-19)22-17-10-6-16(7-11-17)14(2)26/h4-13H,3H2,1-2H3,(H,22,25)(H,23,27). The van der Waals surface area contributed by atoms with Gasteiger partial charge in [-0.2, -0.15) is 0 Å². The maximum Gasteiger partial charge on any atom is 0.276 e. The molecule has 3 aromatic rings. The van der Waals surface area contributed by atoms with Gasteiger partial charge in [-0.25, -0.2) is 0 Å². The second-order valence-electron chi connectivity index (χ2n) is 6.07. The van der Waals surface area contributed by atoms with E-state index < -0.39 is 0 Å². The summed E-state index contributed by atoms with van der Waals surface area (Å²) >= 11 is 0. The summed E-state index contributed by atoms with van der Waals surface area (Å²) in [4.78, 5) is 23.6. The van der Waals surface area contributed by atoms with E-state index in [1.54, 1.807) is 36.4 Å². The summed E-state index contributed by atoms with van der Waals surface area (Å²) in [6.07, 6.45) is 0.950. The predicted molar refractivity (Wildman–Crippen MR) is 106 cm³/mol. The first-order chi connectivity index (χ1) is 13.0. The van der Waals surface area contributed by atoms with Crippen molar-refractivity contribution in [3.63, 3.8) is 0 Å². The lowest BCUT2D eigenvalue weighted by Gasteiger charge is -2.07. The van der Waals surface area contributed by atoms with Crippen molar-refractivity contribution in [2.24, 2.45) is 0 Å². The summed E-state index contributed by atoms with van der Waals surface area (Å²) < 4.78 is 0. The highest BCUT2D eigenvalue weighted by Crippen LogP contribution is 2.16. The number of amides is 1. The van der Waals surface area contributed by atoms with Gasteiger partial charge in [0.1, 0.15) is 0 Å². The average Bonchev–Trinajstić information content (AvgIpc) is 2.69. The number of rotatable bonds is 6. The molecule has 1 heterocycles. The van der Waals surface area contributed by atoms with Crippen LogP contribution in [0, 0.1) is 0 Å². The molecule has 0 aliphatic heterocycles.